The third-order valence-corrected chi connectivity index (χ3v) is 3.66. The lowest BCUT2D eigenvalue weighted by molar-refractivity contribution is 0.0171. The van der Waals surface area contributed by atoms with E-state index < -0.39 is 33.0 Å². The van der Waals surface area contributed by atoms with Crippen molar-refractivity contribution >= 4 is 17.2 Å². The van der Waals surface area contributed by atoms with Crippen molar-refractivity contribution in [3.8, 4) is 0 Å². The molecule has 106 valence electrons. The maximum atomic E-state index is 13.6. The van der Waals surface area contributed by atoms with E-state index in [9.17, 15) is 17.4 Å². The molecule has 1 aromatic rings. The standard InChI is InChI=1S/C13H16F3NOS/c1-12(2,3)19(18)17-8-9-5-6-10(7-11(9)14)13(4,15)16/h5-8H,1-4H3/t19-/m0/s1. The molecule has 0 saturated heterocycles. The van der Waals surface area contributed by atoms with Crippen molar-refractivity contribution in [2.45, 2.75) is 38.4 Å². The Morgan fingerprint density at radius 2 is 1.79 bits per heavy atom. The summed E-state index contributed by atoms with van der Waals surface area (Å²) in [4.78, 5) is 0. The number of nitrogens with zero attached hydrogens (tertiary/aromatic N) is 1. The van der Waals surface area contributed by atoms with Crippen LogP contribution in [0.25, 0.3) is 0 Å². The second-order valence-corrected chi connectivity index (χ2v) is 7.15. The van der Waals surface area contributed by atoms with E-state index in [1.165, 1.54) is 6.07 Å². The number of alkyl halides is 2. The summed E-state index contributed by atoms with van der Waals surface area (Å²) in [6, 6.07) is 3.09. The Labute approximate surface area is 113 Å². The molecule has 6 heteroatoms. The molecule has 0 aliphatic heterocycles. The average molecular weight is 291 g/mol. The largest absolute Gasteiger partial charge is 0.270 e. The van der Waals surface area contributed by atoms with Crippen LogP contribution in [0.5, 0.6) is 0 Å². The number of halogens is 3. The first-order valence-corrected chi connectivity index (χ1v) is 6.76. The fourth-order valence-corrected chi connectivity index (χ4v) is 1.69. The van der Waals surface area contributed by atoms with Gasteiger partial charge >= 0.3 is 0 Å². The van der Waals surface area contributed by atoms with Crippen LogP contribution >= 0.6 is 0 Å². The molecule has 1 atom stereocenters. The van der Waals surface area contributed by atoms with Gasteiger partial charge in [-0.3, -0.25) is 0 Å². The van der Waals surface area contributed by atoms with Gasteiger partial charge in [0.25, 0.3) is 5.92 Å². The van der Waals surface area contributed by atoms with E-state index in [-0.39, 0.29) is 5.56 Å². The number of hydrogen-bond acceptors (Lipinski definition) is 1. The van der Waals surface area contributed by atoms with Crippen molar-refractivity contribution < 1.29 is 17.4 Å². The van der Waals surface area contributed by atoms with Crippen molar-refractivity contribution in [3.05, 3.63) is 35.1 Å². The van der Waals surface area contributed by atoms with Gasteiger partial charge in [0.05, 0.1) is 4.75 Å². The number of rotatable bonds is 3. The highest BCUT2D eigenvalue weighted by Gasteiger charge is 2.25. The van der Waals surface area contributed by atoms with Crippen LogP contribution in [0.1, 0.15) is 38.8 Å². The minimum Gasteiger partial charge on any atom is -0.234 e. The highest BCUT2D eigenvalue weighted by Crippen LogP contribution is 2.27. The van der Waals surface area contributed by atoms with Gasteiger partial charge in [0.15, 0.2) is 0 Å². The van der Waals surface area contributed by atoms with Gasteiger partial charge in [-0.2, -0.15) is 4.40 Å². The summed E-state index contributed by atoms with van der Waals surface area (Å²) in [5.41, 5.74) is -0.371. The second kappa shape index (κ2) is 5.45. The maximum absolute atomic E-state index is 13.6. The quantitative estimate of drug-likeness (QED) is 0.778. The zero-order chi connectivity index (χ0) is 14.8. The lowest BCUT2D eigenvalue weighted by Gasteiger charge is -2.13. The summed E-state index contributed by atoms with van der Waals surface area (Å²) < 4.78 is 54.4. The molecule has 1 rings (SSSR count). The Morgan fingerprint density at radius 1 is 1.21 bits per heavy atom. The monoisotopic (exact) mass is 291 g/mol. The average Bonchev–Trinajstić information content (AvgIpc) is 2.24. The maximum Gasteiger partial charge on any atom is 0.270 e. The fraction of sp³-hybridized carbons (Fsp3) is 0.462. The Hall–Kier alpha value is -1.17. The second-order valence-electron chi connectivity index (χ2n) is 5.22. The van der Waals surface area contributed by atoms with Crippen molar-refractivity contribution in [3.63, 3.8) is 0 Å². The summed E-state index contributed by atoms with van der Waals surface area (Å²) in [7, 11) is -1.51. The summed E-state index contributed by atoms with van der Waals surface area (Å²) in [6.45, 7) is 5.90. The number of hydrogen-bond donors (Lipinski definition) is 0. The van der Waals surface area contributed by atoms with E-state index in [1.807, 2.05) is 0 Å². The van der Waals surface area contributed by atoms with Crippen molar-refractivity contribution in [1.29, 1.82) is 0 Å². The molecule has 19 heavy (non-hydrogen) atoms. The summed E-state index contributed by atoms with van der Waals surface area (Å²) in [5.74, 6) is -3.90. The molecule has 0 aliphatic carbocycles. The normalized spacial score (nSPS) is 14.9. The highest BCUT2D eigenvalue weighted by molar-refractivity contribution is 7.85. The third-order valence-electron chi connectivity index (χ3n) is 2.32. The molecule has 1 aromatic carbocycles. The van der Waals surface area contributed by atoms with Gasteiger partial charge in [0.2, 0.25) is 0 Å². The molecule has 0 unspecified atom stereocenters. The van der Waals surface area contributed by atoms with Crippen LogP contribution in [0, 0.1) is 5.82 Å². The van der Waals surface area contributed by atoms with E-state index in [0.29, 0.717) is 6.92 Å². The summed E-state index contributed by atoms with van der Waals surface area (Å²) in [5, 5.41) is 0. The van der Waals surface area contributed by atoms with Crippen LogP contribution < -0.4 is 0 Å². The zero-order valence-corrected chi connectivity index (χ0v) is 12.0. The van der Waals surface area contributed by atoms with Crippen molar-refractivity contribution in [2.24, 2.45) is 4.40 Å². The highest BCUT2D eigenvalue weighted by atomic mass is 32.2. The first-order chi connectivity index (χ1) is 8.51. The molecule has 0 heterocycles. The van der Waals surface area contributed by atoms with Gasteiger partial charge in [-0.1, -0.05) is 6.07 Å². The van der Waals surface area contributed by atoms with Crippen molar-refractivity contribution in [1.82, 2.24) is 0 Å². The number of benzene rings is 1. The molecule has 0 spiro atoms. The van der Waals surface area contributed by atoms with Crippen LogP contribution in [0.2, 0.25) is 0 Å². The van der Waals surface area contributed by atoms with Crippen molar-refractivity contribution in [2.75, 3.05) is 0 Å². The molecule has 0 saturated carbocycles. The molecule has 0 aliphatic rings. The summed E-state index contributed by atoms with van der Waals surface area (Å²) in [6.07, 6.45) is 1.11. The SMILES string of the molecule is CC(F)(F)c1ccc(C=N[S@@](=O)C(C)(C)C)c(F)c1. The fourth-order valence-electron chi connectivity index (χ4n) is 1.17. The Bertz CT molecular complexity index is 516. The third kappa shape index (κ3) is 4.45. The zero-order valence-electron chi connectivity index (χ0n) is 11.2. The molecule has 0 bridgehead atoms. The van der Waals surface area contributed by atoms with Gasteiger partial charge in [-0.05, 0) is 32.9 Å². The molecule has 0 aromatic heterocycles. The Morgan fingerprint density at radius 3 is 2.21 bits per heavy atom. The van der Waals surface area contributed by atoms with Crippen LogP contribution in [0.4, 0.5) is 13.2 Å². The van der Waals surface area contributed by atoms with Gasteiger partial charge in [0.1, 0.15) is 16.8 Å². The van der Waals surface area contributed by atoms with E-state index in [2.05, 4.69) is 4.40 Å². The minimum atomic E-state index is -3.09. The van der Waals surface area contributed by atoms with Gasteiger partial charge in [0, 0.05) is 24.3 Å². The van der Waals surface area contributed by atoms with Gasteiger partial charge < -0.3 is 0 Å². The molecular weight excluding hydrogens is 275 g/mol. The van der Waals surface area contributed by atoms with Gasteiger partial charge in [-0.25, -0.2) is 17.4 Å². The Balaban J connectivity index is 2.99. The lowest BCUT2D eigenvalue weighted by atomic mass is 10.1. The predicted molar refractivity (Wildman–Crippen MR) is 71.5 cm³/mol. The van der Waals surface area contributed by atoms with Crippen LogP contribution in [0.3, 0.4) is 0 Å². The molecular formula is C13H16F3NOS. The molecule has 0 N–H and O–H groups in total. The van der Waals surface area contributed by atoms with E-state index >= 15 is 0 Å². The first-order valence-electron chi connectivity index (χ1n) is 5.66. The molecule has 0 fully saturated rings. The predicted octanol–water partition coefficient (Wildman–Crippen LogP) is 3.82. The lowest BCUT2D eigenvalue weighted by Crippen LogP contribution is -2.19. The first kappa shape index (κ1) is 15.9. The topological polar surface area (TPSA) is 29.4 Å². The van der Waals surface area contributed by atoms with E-state index in [1.54, 1.807) is 20.8 Å². The molecule has 0 amide bonds. The van der Waals surface area contributed by atoms with E-state index in [0.717, 1.165) is 18.3 Å². The minimum absolute atomic E-state index is 0.0330. The Kier molecular flexibility index (Phi) is 4.55. The van der Waals surface area contributed by atoms with Crippen LogP contribution in [-0.4, -0.2) is 15.2 Å². The van der Waals surface area contributed by atoms with Crippen LogP contribution in [-0.2, 0) is 16.9 Å². The summed E-state index contributed by atoms with van der Waals surface area (Å²) >= 11 is 0. The smallest absolute Gasteiger partial charge is 0.234 e. The van der Waals surface area contributed by atoms with E-state index in [4.69, 9.17) is 0 Å². The van der Waals surface area contributed by atoms with Crippen LogP contribution in [0.15, 0.2) is 22.6 Å². The molecule has 0 radical (unpaired) electrons. The van der Waals surface area contributed by atoms with Gasteiger partial charge in [-0.15, -0.1) is 0 Å². The molecule has 2 nitrogen and oxygen atoms in total.